The highest BCUT2D eigenvalue weighted by Crippen LogP contribution is 2.24. The van der Waals surface area contributed by atoms with Crippen LogP contribution in [0.15, 0.2) is 0 Å². The lowest BCUT2D eigenvalue weighted by Crippen LogP contribution is -3.00. The second kappa shape index (κ2) is 26.5. The summed E-state index contributed by atoms with van der Waals surface area (Å²) < 4.78 is 19.1. The smallest absolute Gasteiger partial charge is 0.501 e. The first-order valence-corrected chi connectivity index (χ1v) is 17.6. The Bertz CT molecular complexity index is 465. The summed E-state index contributed by atoms with van der Waals surface area (Å²) in [4.78, 5) is 0. The molecule has 0 aliphatic heterocycles. The number of aliphatic hydroxyl groups is 1. The van der Waals surface area contributed by atoms with E-state index in [0.29, 0.717) is 19.1 Å². The summed E-state index contributed by atoms with van der Waals surface area (Å²) in [7, 11) is 1.97. The lowest BCUT2D eigenvalue weighted by Gasteiger charge is -2.35. The SMILES string of the molecule is CCCCCCCCCCCCCCCCCC[N+](C)(C)CC(C)C[Si](OCC)(OCC)OCCO.[Cl-]. The van der Waals surface area contributed by atoms with Gasteiger partial charge in [-0.25, -0.2) is 0 Å². The largest absolute Gasteiger partial charge is 1.00 e. The normalized spacial score (nSPS) is 13.1. The van der Waals surface area contributed by atoms with E-state index in [1.165, 1.54) is 109 Å². The maximum Gasteiger partial charge on any atom is 0.501 e. The number of quaternary nitrogens is 1. The van der Waals surface area contributed by atoms with Crippen LogP contribution in [-0.2, 0) is 13.3 Å². The molecule has 0 aromatic rings. The van der Waals surface area contributed by atoms with E-state index in [2.05, 4.69) is 27.9 Å². The minimum Gasteiger partial charge on any atom is -1.00 e. The third kappa shape index (κ3) is 23.9. The maximum absolute atomic E-state index is 9.24. The van der Waals surface area contributed by atoms with Crippen LogP contribution in [0, 0.1) is 5.92 Å². The number of aliphatic hydroxyl groups excluding tert-OH is 1. The number of halogens is 1. The van der Waals surface area contributed by atoms with E-state index in [1.54, 1.807) is 0 Å². The van der Waals surface area contributed by atoms with E-state index in [0.717, 1.165) is 17.1 Å². The van der Waals surface area contributed by atoms with Crippen LogP contribution in [-0.4, -0.2) is 72.0 Å². The van der Waals surface area contributed by atoms with Gasteiger partial charge in [-0.2, -0.15) is 0 Å². The van der Waals surface area contributed by atoms with Crippen LogP contribution in [0.5, 0.6) is 0 Å². The van der Waals surface area contributed by atoms with Gasteiger partial charge in [0.1, 0.15) is 0 Å². The van der Waals surface area contributed by atoms with Crippen molar-refractivity contribution in [1.82, 2.24) is 0 Å². The van der Waals surface area contributed by atoms with Gasteiger partial charge in [-0.05, 0) is 26.7 Å². The summed E-state index contributed by atoms with van der Waals surface area (Å²) in [6, 6.07) is 0.815. The lowest BCUT2D eigenvalue weighted by molar-refractivity contribution is -0.893. The molecule has 1 unspecified atom stereocenters. The fourth-order valence-electron chi connectivity index (χ4n) is 5.46. The van der Waals surface area contributed by atoms with Gasteiger partial charge < -0.3 is 35.3 Å². The molecule has 226 valence electrons. The highest BCUT2D eigenvalue weighted by Gasteiger charge is 2.43. The molecule has 0 aliphatic rings. The van der Waals surface area contributed by atoms with Crippen molar-refractivity contribution >= 4 is 8.80 Å². The third-order valence-electron chi connectivity index (χ3n) is 7.16. The van der Waals surface area contributed by atoms with Crippen LogP contribution in [0.4, 0.5) is 0 Å². The van der Waals surface area contributed by atoms with E-state index in [9.17, 15) is 5.11 Å². The molecule has 0 heterocycles. The second-order valence-electron chi connectivity index (χ2n) is 11.6. The van der Waals surface area contributed by atoms with Crippen molar-refractivity contribution in [3.63, 3.8) is 0 Å². The predicted octanol–water partition coefficient (Wildman–Crippen LogP) is 4.99. The van der Waals surface area contributed by atoms with Crippen LogP contribution < -0.4 is 12.4 Å². The van der Waals surface area contributed by atoms with Gasteiger partial charge in [0.05, 0.1) is 40.4 Å². The zero-order chi connectivity index (χ0) is 27.0. The van der Waals surface area contributed by atoms with Gasteiger partial charge >= 0.3 is 8.80 Å². The average molecular weight is 568 g/mol. The Morgan fingerprint density at radius 3 is 1.43 bits per heavy atom. The van der Waals surface area contributed by atoms with E-state index in [4.69, 9.17) is 13.3 Å². The minimum absolute atomic E-state index is 0. The van der Waals surface area contributed by atoms with E-state index in [1.807, 2.05) is 13.8 Å². The first kappa shape index (κ1) is 39.5. The first-order chi connectivity index (χ1) is 17.3. The Kier molecular flexibility index (Phi) is 28.3. The van der Waals surface area contributed by atoms with E-state index in [-0.39, 0.29) is 25.6 Å². The number of rotatable bonds is 28. The molecular formula is C30H66ClNO4Si. The lowest BCUT2D eigenvalue weighted by atomic mass is 10.0. The van der Waals surface area contributed by atoms with Crippen molar-refractivity contribution in [3.05, 3.63) is 0 Å². The molecule has 7 heteroatoms. The molecule has 5 nitrogen and oxygen atoms in total. The van der Waals surface area contributed by atoms with Crippen molar-refractivity contribution in [3.8, 4) is 0 Å². The summed E-state index contributed by atoms with van der Waals surface area (Å²) in [6.45, 7) is 12.3. The van der Waals surface area contributed by atoms with Crippen molar-refractivity contribution in [2.45, 2.75) is 136 Å². The summed E-state index contributed by atoms with van der Waals surface area (Å²) in [5.74, 6) is 0.449. The van der Waals surface area contributed by atoms with Gasteiger partial charge in [-0.15, -0.1) is 0 Å². The minimum atomic E-state index is -2.73. The number of hydrogen-bond donors (Lipinski definition) is 1. The standard InChI is InChI=1S/C30H66NO4Si.ClH/c1-7-10-11-12-13-14-15-16-17-18-19-20-21-22-23-24-25-31(5,6)28-30(4)29-36(33-8-2,34-9-3)35-27-26-32;/h30,32H,7-29H2,1-6H3;1H/q+1;/p-1. The van der Waals surface area contributed by atoms with Crippen LogP contribution in [0.3, 0.4) is 0 Å². The molecule has 0 saturated carbocycles. The van der Waals surface area contributed by atoms with Crippen LogP contribution in [0.25, 0.3) is 0 Å². The molecule has 1 N–H and O–H groups in total. The number of nitrogens with zero attached hydrogens (tertiary/aromatic N) is 1. The van der Waals surface area contributed by atoms with Crippen molar-refractivity contribution in [2.75, 3.05) is 53.6 Å². The summed E-state index contributed by atoms with van der Waals surface area (Å²) >= 11 is 0. The van der Waals surface area contributed by atoms with Crippen LogP contribution in [0.2, 0.25) is 6.04 Å². The van der Waals surface area contributed by atoms with Crippen molar-refractivity contribution in [2.24, 2.45) is 5.92 Å². The van der Waals surface area contributed by atoms with Gasteiger partial charge in [0.25, 0.3) is 0 Å². The molecule has 0 amide bonds. The number of unbranched alkanes of at least 4 members (excludes halogenated alkanes) is 15. The zero-order valence-electron chi connectivity index (χ0n) is 25.8. The zero-order valence-corrected chi connectivity index (χ0v) is 27.6. The molecule has 1 atom stereocenters. The van der Waals surface area contributed by atoms with Gasteiger partial charge in [-0.1, -0.05) is 104 Å². The molecular weight excluding hydrogens is 502 g/mol. The second-order valence-corrected chi connectivity index (χ2v) is 14.2. The van der Waals surface area contributed by atoms with E-state index < -0.39 is 8.80 Å². The molecule has 0 aliphatic carbocycles. The Morgan fingerprint density at radius 2 is 1.05 bits per heavy atom. The Hall–Kier alpha value is 0.307. The molecule has 37 heavy (non-hydrogen) atoms. The molecule has 0 radical (unpaired) electrons. The number of hydrogen-bond acceptors (Lipinski definition) is 4. The van der Waals surface area contributed by atoms with Gasteiger partial charge in [0, 0.05) is 25.2 Å². The third-order valence-corrected chi connectivity index (χ3v) is 10.5. The summed E-state index contributed by atoms with van der Waals surface area (Å²) in [5.41, 5.74) is 0. The van der Waals surface area contributed by atoms with E-state index >= 15 is 0 Å². The molecule has 0 spiro atoms. The van der Waals surface area contributed by atoms with Gasteiger partial charge in [0.15, 0.2) is 0 Å². The van der Waals surface area contributed by atoms with Crippen molar-refractivity contribution in [1.29, 1.82) is 0 Å². The fraction of sp³-hybridized carbons (Fsp3) is 1.00. The Labute approximate surface area is 239 Å². The summed E-state index contributed by atoms with van der Waals surface area (Å²) in [6.07, 6.45) is 22.7. The highest BCUT2D eigenvalue weighted by atomic mass is 35.5. The average Bonchev–Trinajstić information content (AvgIpc) is 2.82. The first-order valence-electron chi connectivity index (χ1n) is 15.7. The van der Waals surface area contributed by atoms with Crippen LogP contribution >= 0.6 is 0 Å². The molecule has 0 saturated heterocycles. The molecule has 0 aromatic heterocycles. The Balaban J connectivity index is 0. The molecule has 0 bridgehead atoms. The van der Waals surface area contributed by atoms with Crippen LogP contribution in [0.1, 0.15) is 130 Å². The molecule has 0 fully saturated rings. The highest BCUT2D eigenvalue weighted by molar-refractivity contribution is 6.60. The van der Waals surface area contributed by atoms with Crippen molar-refractivity contribution < 1.29 is 35.3 Å². The quantitative estimate of drug-likeness (QED) is 0.0822. The maximum atomic E-state index is 9.24. The molecule has 0 rings (SSSR count). The topological polar surface area (TPSA) is 47.9 Å². The monoisotopic (exact) mass is 567 g/mol. The molecule has 0 aromatic carbocycles. The Morgan fingerprint density at radius 1 is 0.649 bits per heavy atom. The fourth-order valence-corrected chi connectivity index (χ4v) is 8.33. The predicted molar refractivity (Wildman–Crippen MR) is 157 cm³/mol. The van der Waals surface area contributed by atoms with Gasteiger partial charge in [0.2, 0.25) is 0 Å². The van der Waals surface area contributed by atoms with Gasteiger partial charge in [-0.3, -0.25) is 0 Å². The summed E-state index contributed by atoms with van der Waals surface area (Å²) in [5, 5.41) is 9.24.